The Morgan fingerprint density at radius 2 is 1.80 bits per heavy atom. The molecule has 106 valence electrons. The summed E-state index contributed by atoms with van der Waals surface area (Å²) in [6, 6.07) is 9.09. The van der Waals surface area contributed by atoms with Crippen LogP contribution in [0.2, 0.25) is 5.28 Å². The zero-order chi connectivity index (χ0) is 14.8. The Hall–Kier alpha value is -2.02. The van der Waals surface area contributed by atoms with Gasteiger partial charge in [-0.25, -0.2) is 4.98 Å². The minimum atomic E-state index is -4.68. The lowest BCUT2D eigenvalue weighted by atomic mass is 10.2. The van der Waals surface area contributed by atoms with E-state index in [1.54, 1.807) is 0 Å². The third kappa shape index (κ3) is 3.30. The van der Waals surface area contributed by atoms with Crippen LogP contribution in [-0.2, 0) is 12.7 Å². The van der Waals surface area contributed by atoms with Crippen LogP contribution in [0.5, 0.6) is 0 Å². The molecule has 0 bridgehead atoms. The zero-order valence-electron chi connectivity index (χ0n) is 10.1. The van der Waals surface area contributed by atoms with Crippen LogP contribution in [0, 0.1) is 0 Å². The number of benzene rings is 1. The van der Waals surface area contributed by atoms with E-state index in [4.69, 9.17) is 17.3 Å². The van der Waals surface area contributed by atoms with Crippen molar-refractivity contribution in [3.63, 3.8) is 0 Å². The van der Waals surface area contributed by atoms with Crippen molar-refractivity contribution in [1.82, 2.24) is 9.97 Å². The molecule has 0 radical (unpaired) electrons. The van der Waals surface area contributed by atoms with Gasteiger partial charge >= 0.3 is 6.18 Å². The molecule has 1 aromatic heterocycles. The molecular weight excluding hydrogens is 293 g/mol. The lowest BCUT2D eigenvalue weighted by Crippen LogP contribution is -2.15. The van der Waals surface area contributed by atoms with Crippen LogP contribution < -0.4 is 11.1 Å². The molecule has 0 fully saturated rings. The molecule has 8 heteroatoms. The topological polar surface area (TPSA) is 63.8 Å². The third-order valence-corrected chi connectivity index (χ3v) is 2.66. The molecule has 0 saturated carbocycles. The Bertz CT molecular complexity index is 602. The summed E-state index contributed by atoms with van der Waals surface area (Å²) >= 11 is 5.49. The number of rotatable bonds is 3. The van der Waals surface area contributed by atoms with Gasteiger partial charge in [0.25, 0.3) is 0 Å². The van der Waals surface area contributed by atoms with Crippen molar-refractivity contribution in [1.29, 1.82) is 0 Å². The number of alkyl halides is 3. The molecule has 0 saturated heterocycles. The molecule has 0 unspecified atom stereocenters. The quantitative estimate of drug-likeness (QED) is 0.854. The van der Waals surface area contributed by atoms with E-state index in [1.807, 2.05) is 30.3 Å². The minimum absolute atomic E-state index is 0.138. The van der Waals surface area contributed by atoms with Gasteiger partial charge in [0.2, 0.25) is 5.28 Å². The molecule has 20 heavy (non-hydrogen) atoms. The van der Waals surface area contributed by atoms with E-state index in [2.05, 4.69) is 15.3 Å². The first-order valence-electron chi connectivity index (χ1n) is 5.56. The van der Waals surface area contributed by atoms with Gasteiger partial charge in [0, 0.05) is 6.54 Å². The Kier molecular flexibility index (Phi) is 3.99. The van der Waals surface area contributed by atoms with Gasteiger partial charge in [-0.1, -0.05) is 30.3 Å². The van der Waals surface area contributed by atoms with Gasteiger partial charge in [-0.05, 0) is 17.2 Å². The van der Waals surface area contributed by atoms with Crippen LogP contribution in [0.25, 0.3) is 0 Å². The van der Waals surface area contributed by atoms with E-state index in [-0.39, 0.29) is 12.4 Å². The number of nitrogens with zero attached hydrogens (tertiary/aromatic N) is 2. The van der Waals surface area contributed by atoms with Crippen molar-refractivity contribution < 1.29 is 13.2 Å². The van der Waals surface area contributed by atoms with Crippen LogP contribution in [0.4, 0.5) is 24.7 Å². The van der Waals surface area contributed by atoms with Gasteiger partial charge in [0.15, 0.2) is 11.5 Å². The molecule has 0 amide bonds. The Labute approximate surface area is 117 Å². The Morgan fingerprint density at radius 1 is 1.15 bits per heavy atom. The van der Waals surface area contributed by atoms with Crippen LogP contribution in [0.15, 0.2) is 30.3 Å². The standard InChI is InChI=1S/C12H10ClF3N4/c13-11-19-9(12(14,15)16)8(17)10(20-11)18-6-7-4-2-1-3-5-7/h1-5H,6,17H2,(H,18,19,20). The summed E-state index contributed by atoms with van der Waals surface area (Å²) in [4.78, 5) is 6.80. The highest BCUT2D eigenvalue weighted by molar-refractivity contribution is 6.28. The lowest BCUT2D eigenvalue weighted by molar-refractivity contribution is -0.140. The van der Waals surface area contributed by atoms with Gasteiger partial charge in [0.1, 0.15) is 5.69 Å². The molecule has 0 atom stereocenters. The number of hydrogen-bond acceptors (Lipinski definition) is 4. The Balaban J connectivity index is 2.26. The van der Waals surface area contributed by atoms with Crippen molar-refractivity contribution in [2.75, 3.05) is 11.1 Å². The molecular formula is C12H10ClF3N4. The maximum Gasteiger partial charge on any atom is 0.435 e. The first-order chi connectivity index (χ1) is 9.38. The summed E-state index contributed by atoms with van der Waals surface area (Å²) < 4.78 is 38.1. The smallest absolute Gasteiger partial charge is 0.394 e. The molecule has 3 N–H and O–H groups in total. The third-order valence-electron chi connectivity index (χ3n) is 2.49. The van der Waals surface area contributed by atoms with Gasteiger partial charge in [-0.3, -0.25) is 0 Å². The minimum Gasteiger partial charge on any atom is -0.394 e. The predicted octanol–water partition coefficient (Wildman–Crippen LogP) is 3.34. The fourth-order valence-electron chi connectivity index (χ4n) is 1.57. The second-order valence-corrected chi connectivity index (χ2v) is 4.28. The summed E-state index contributed by atoms with van der Waals surface area (Å²) in [7, 11) is 0. The highest BCUT2D eigenvalue weighted by atomic mass is 35.5. The molecule has 2 rings (SSSR count). The normalized spacial score (nSPS) is 11.4. The molecule has 2 aromatic rings. The first-order valence-corrected chi connectivity index (χ1v) is 5.93. The molecule has 0 aliphatic heterocycles. The van der Waals surface area contributed by atoms with Crippen molar-refractivity contribution in [2.24, 2.45) is 0 Å². The monoisotopic (exact) mass is 302 g/mol. The predicted molar refractivity (Wildman–Crippen MR) is 70.2 cm³/mol. The molecule has 0 spiro atoms. The van der Waals surface area contributed by atoms with Gasteiger partial charge in [-0.15, -0.1) is 0 Å². The second kappa shape index (κ2) is 5.54. The number of halogens is 4. The molecule has 0 aliphatic rings. The number of nitrogen functional groups attached to an aromatic ring is 1. The highest BCUT2D eigenvalue weighted by Crippen LogP contribution is 2.35. The van der Waals surface area contributed by atoms with Crippen molar-refractivity contribution in [2.45, 2.75) is 12.7 Å². The van der Waals surface area contributed by atoms with E-state index in [1.165, 1.54) is 0 Å². The molecule has 0 aliphatic carbocycles. The summed E-state index contributed by atoms with van der Waals surface area (Å²) in [5, 5.41) is 2.21. The largest absolute Gasteiger partial charge is 0.435 e. The summed E-state index contributed by atoms with van der Waals surface area (Å²) in [6.45, 7) is 0.273. The van der Waals surface area contributed by atoms with Crippen molar-refractivity contribution >= 4 is 23.1 Å². The molecule has 1 aromatic carbocycles. The van der Waals surface area contributed by atoms with Gasteiger partial charge < -0.3 is 11.1 Å². The number of anilines is 2. The molecule has 1 heterocycles. The zero-order valence-corrected chi connectivity index (χ0v) is 10.8. The fraction of sp³-hybridized carbons (Fsp3) is 0.167. The number of nitrogens with one attached hydrogen (secondary N) is 1. The van der Waals surface area contributed by atoms with E-state index in [9.17, 15) is 13.2 Å². The number of hydrogen-bond donors (Lipinski definition) is 2. The molecule has 4 nitrogen and oxygen atoms in total. The van der Waals surface area contributed by atoms with Gasteiger partial charge in [0.05, 0.1) is 0 Å². The van der Waals surface area contributed by atoms with Crippen LogP contribution in [0.1, 0.15) is 11.3 Å². The summed E-state index contributed by atoms with van der Waals surface area (Å²) in [5.41, 5.74) is 4.49. The van der Waals surface area contributed by atoms with E-state index >= 15 is 0 Å². The van der Waals surface area contributed by atoms with Crippen LogP contribution in [-0.4, -0.2) is 9.97 Å². The van der Waals surface area contributed by atoms with Crippen LogP contribution >= 0.6 is 11.6 Å². The summed E-state index contributed by atoms with van der Waals surface area (Å²) in [6.07, 6.45) is -4.68. The number of nitrogens with two attached hydrogens (primary N) is 1. The lowest BCUT2D eigenvalue weighted by Gasteiger charge is -2.13. The SMILES string of the molecule is Nc1c(NCc2ccccc2)nc(Cl)nc1C(F)(F)F. The highest BCUT2D eigenvalue weighted by Gasteiger charge is 2.37. The fourth-order valence-corrected chi connectivity index (χ4v) is 1.74. The maximum absolute atomic E-state index is 12.7. The van der Waals surface area contributed by atoms with Crippen LogP contribution in [0.3, 0.4) is 0 Å². The second-order valence-electron chi connectivity index (χ2n) is 3.94. The summed E-state index contributed by atoms with van der Waals surface area (Å²) in [5.74, 6) is -0.138. The average molecular weight is 303 g/mol. The Morgan fingerprint density at radius 3 is 2.40 bits per heavy atom. The van der Waals surface area contributed by atoms with Crippen molar-refractivity contribution in [3.05, 3.63) is 46.9 Å². The van der Waals surface area contributed by atoms with E-state index < -0.39 is 22.8 Å². The average Bonchev–Trinajstić information content (AvgIpc) is 2.39. The number of aromatic nitrogens is 2. The van der Waals surface area contributed by atoms with Gasteiger partial charge in [-0.2, -0.15) is 18.2 Å². The van der Waals surface area contributed by atoms with E-state index in [0.29, 0.717) is 0 Å². The van der Waals surface area contributed by atoms with E-state index in [0.717, 1.165) is 5.56 Å². The first kappa shape index (κ1) is 14.4. The van der Waals surface area contributed by atoms with Crippen molar-refractivity contribution in [3.8, 4) is 0 Å². The maximum atomic E-state index is 12.7.